The molecule has 206 valence electrons. The number of alkyl halides is 1. The lowest BCUT2D eigenvalue weighted by Gasteiger charge is -2.49. The van der Waals surface area contributed by atoms with E-state index < -0.39 is 0 Å². The lowest BCUT2D eigenvalue weighted by Crippen LogP contribution is -2.54. The highest BCUT2D eigenvalue weighted by molar-refractivity contribution is 6.20. The van der Waals surface area contributed by atoms with Gasteiger partial charge in [-0.25, -0.2) is 0 Å². The highest BCUT2D eigenvalue weighted by Crippen LogP contribution is 2.45. The molecule has 6 heteroatoms. The molecule has 2 saturated heterocycles. The van der Waals surface area contributed by atoms with Gasteiger partial charge in [0.15, 0.2) is 0 Å². The Hall–Kier alpha value is 0.0900. The Labute approximate surface area is 222 Å². The van der Waals surface area contributed by atoms with Gasteiger partial charge in [0.2, 0.25) is 0 Å². The first-order chi connectivity index (χ1) is 16.4. The molecule has 0 aromatic carbocycles. The van der Waals surface area contributed by atoms with Crippen LogP contribution in [0.15, 0.2) is 0 Å². The summed E-state index contributed by atoms with van der Waals surface area (Å²) in [5, 5.41) is 4.37. The van der Waals surface area contributed by atoms with Crippen LogP contribution in [0.3, 0.4) is 0 Å². The number of ether oxygens (including phenoxy) is 1. The smallest absolute Gasteiger partial charge is 0.0998 e. The Morgan fingerprint density at radius 3 is 2.11 bits per heavy atom. The second kappa shape index (κ2) is 13.2. The average Bonchev–Trinajstić information content (AvgIpc) is 2.77. The van der Waals surface area contributed by atoms with Crippen LogP contribution in [0, 0.1) is 23.2 Å². The van der Waals surface area contributed by atoms with Crippen molar-refractivity contribution in [3.63, 3.8) is 0 Å². The molecule has 1 unspecified atom stereocenters. The number of hydrogen-bond acceptors (Lipinski definition) is 5. The maximum atomic E-state index is 6.40. The van der Waals surface area contributed by atoms with Crippen molar-refractivity contribution >= 4 is 11.6 Å². The molecule has 3 aliphatic rings. The minimum absolute atomic E-state index is 0.0544. The van der Waals surface area contributed by atoms with E-state index in [-0.39, 0.29) is 5.60 Å². The van der Waals surface area contributed by atoms with Gasteiger partial charge in [0, 0.05) is 63.8 Å². The molecule has 3 fully saturated rings. The van der Waals surface area contributed by atoms with Crippen molar-refractivity contribution in [2.45, 2.75) is 97.6 Å². The van der Waals surface area contributed by atoms with E-state index in [4.69, 9.17) is 16.3 Å². The van der Waals surface area contributed by atoms with Crippen LogP contribution in [0.2, 0.25) is 0 Å². The average molecular weight is 513 g/mol. The zero-order valence-corrected chi connectivity index (χ0v) is 24.9. The molecule has 0 aromatic heterocycles. The van der Waals surface area contributed by atoms with Gasteiger partial charge in [-0.3, -0.25) is 9.80 Å². The molecular formula is C29H57ClN4O. The van der Waals surface area contributed by atoms with Gasteiger partial charge in [-0.1, -0.05) is 27.7 Å². The largest absolute Gasteiger partial charge is 0.360 e. The summed E-state index contributed by atoms with van der Waals surface area (Å²) >= 11 is 6.40. The van der Waals surface area contributed by atoms with Gasteiger partial charge in [-0.15, -0.1) is 11.6 Å². The van der Waals surface area contributed by atoms with Gasteiger partial charge in [-0.05, 0) is 82.6 Å². The minimum atomic E-state index is -0.0544. The molecule has 1 aliphatic carbocycles. The van der Waals surface area contributed by atoms with Gasteiger partial charge in [0.1, 0.15) is 0 Å². The summed E-state index contributed by atoms with van der Waals surface area (Å²) in [7, 11) is 0. The number of halogens is 1. The number of piperazine rings is 1. The highest BCUT2D eigenvalue weighted by Gasteiger charge is 2.41. The Morgan fingerprint density at radius 1 is 0.914 bits per heavy atom. The second-order valence-electron chi connectivity index (χ2n) is 13.8. The van der Waals surface area contributed by atoms with Crippen molar-refractivity contribution in [2.24, 2.45) is 23.2 Å². The third-order valence-corrected chi connectivity index (χ3v) is 9.34. The topological polar surface area (TPSA) is 31.0 Å². The first kappa shape index (κ1) is 29.6. The number of hydrogen-bond donors (Lipinski definition) is 1. The Kier molecular flexibility index (Phi) is 11.2. The third-order valence-electron chi connectivity index (χ3n) is 8.90. The first-order valence-electron chi connectivity index (χ1n) is 14.6. The lowest BCUT2D eigenvalue weighted by molar-refractivity contribution is -0.0738. The summed E-state index contributed by atoms with van der Waals surface area (Å²) in [5.41, 5.74) is 0.348. The molecule has 3 rings (SSSR count). The molecule has 0 amide bonds. The summed E-state index contributed by atoms with van der Waals surface area (Å²) in [6, 6.07) is 0.565. The SMILES string of the molecule is CC(C)[C@H](CN1CCC(C2CCC(Cl)CC2)C(C)(C)C1)NCCN1CCN(COC(C)(C)C)CC1. The van der Waals surface area contributed by atoms with E-state index in [0.717, 1.165) is 57.8 Å². The standard InChI is InChI=1S/C29H57ClN4O/c1-23(2)27(31-13-15-32-16-18-33(19-17-32)22-35-28(3,4)5)20-34-14-12-26(29(6,7)21-34)24-8-10-25(30)11-9-24/h23-27,31H,8-22H2,1-7H3/t24?,25?,26?,27-/m0/s1. The van der Waals surface area contributed by atoms with Crippen LogP contribution < -0.4 is 5.32 Å². The van der Waals surface area contributed by atoms with Crippen molar-refractivity contribution in [1.29, 1.82) is 0 Å². The molecule has 35 heavy (non-hydrogen) atoms. The lowest BCUT2D eigenvalue weighted by atomic mass is 9.64. The van der Waals surface area contributed by atoms with Crippen molar-refractivity contribution in [3.8, 4) is 0 Å². The molecule has 0 bridgehead atoms. The Balaban J connectivity index is 1.38. The van der Waals surface area contributed by atoms with Gasteiger partial charge in [0.25, 0.3) is 0 Å². The number of nitrogens with zero attached hydrogens (tertiary/aromatic N) is 3. The predicted octanol–water partition coefficient (Wildman–Crippen LogP) is 5.14. The zero-order chi connectivity index (χ0) is 25.6. The van der Waals surface area contributed by atoms with Crippen molar-refractivity contribution < 1.29 is 4.74 Å². The maximum Gasteiger partial charge on any atom is 0.0998 e. The van der Waals surface area contributed by atoms with Crippen LogP contribution in [0.4, 0.5) is 0 Å². The van der Waals surface area contributed by atoms with E-state index in [2.05, 4.69) is 68.5 Å². The summed E-state index contributed by atoms with van der Waals surface area (Å²) in [6.45, 7) is 27.4. The molecule has 0 aromatic rings. The molecule has 1 saturated carbocycles. The minimum Gasteiger partial charge on any atom is -0.360 e. The molecule has 2 aliphatic heterocycles. The van der Waals surface area contributed by atoms with Crippen LogP contribution in [-0.2, 0) is 4.74 Å². The van der Waals surface area contributed by atoms with Crippen molar-refractivity contribution in [1.82, 2.24) is 20.0 Å². The second-order valence-corrected chi connectivity index (χ2v) is 14.4. The van der Waals surface area contributed by atoms with Gasteiger partial charge in [0.05, 0.1) is 12.3 Å². The monoisotopic (exact) mass is 512 g/mol. The zero-order valence-electron chi connectivity index (χ0n) is 24.1. The highest BCUT2D eigenvalue weighted by atomic mass is 35.5. The van der Waals surface area contributed by atoms with E-state index in [1.165, 1.54) is 51.7 Å². The fourth-order valence-electron chi connectivity index (χ4n) is 6.62. The number of piperidine rings is 1. The van der Waals surface area contributed by atoms with Crippen molar-refractivity contribution in [3.05, 3.63) is 0 Å². The van der Waals surface area contributed by atoms with Gasteiger partial charge < -0.3 is 15.0 Å². The number of rotatable bonds is 10. The molecule has 0 radical (unpaired) electrons. The molecule has 5 nitrogen and oxygen atoms in total. The van der Waals surface area contributed by atoms with Crippen LogP contribution in [0.25, 0.3) is 0 Å². The quantitative estimate of drug-likeness (QED) is 0.410. The van der Waals surface area contributed by atoms with Gasteiger partial charge >= 0.3 is 0 Å². The molecule has 2 heterocycles. The van der Waals surface area contributed by atoms with Gasteiger partial charge in [-0.2, -0.15) is 0 Å². The maximum absolute atomic E-state index is 6.40. The normalized spacial score (nSPS) is 30.6. The molecule has 2 atom stereocenters. The number of likely N-dealkylation sites (tertiary alicyclic amines) is 1. The van der Waals surface area contributed by atoms with Crippen LogP contribution in [0.1, 0.15) is 80.6 Å². The van der Waals surface area contributed by atoms with Crippen LogP contribution in [-0.4, -0.2) is 97.4 Å². The predicted molar refractivity (Wildman–Crippen MR) is 150 cm³/mol. The summed E-state index contributed by atoms with van der Waals surface area (Å²) in [4.78, 5) is 7.82. The summed E-state index contributed by atoms with van der Waals surface area (Å²) in [5.74, 6) is 2.41. The fourth-order valence-corrected chi connectivity index (χ4v) is 6.87. The Bertz CT molecular complexity index is 606. The van der Waals surface area contributed by atoms with E-state index in [1.807, 2.05) is 0 Å². The van der Waals surface area contributed by atoms with E-state index >= 15 is 0 Å². The summed E-state index contributed by atoms with van der Waals surface area (Å²) < 4.78 is 5.96. The molecule has 0 spiro atoms. The third kappa shape index (κ3) is 9.72. The summed E-state index contributed by atoms with van der Waals surface area (Å²) in [6.07, 6.45) is 6.49. The Morgan fingerprint density at radius 2 is 1.54 bits per heavy atom. The van der Waals surface area contributed by atoms with E-state index in [9.17, 15) is 0 Å². The molecule has 1 N–H and O–H groups in total. The first-order valence-corrected chi connectivity index (χ1v) is 15.0. The van der Waals surface area contributed by atoms with Crippen LogP contribution >= 0.6 is 11.6 Å². The van der Waals surface area contributed by atoms with E-state index in [0.29, 0.717) is 22.8 Å². The van der Waals surface area contributed by atoms with Crippen LogP contribution in [0.5, 0.6) is 0 Å². The van der Waals surface area contributed by atoms with E-state index in [1.54, 1.807) is 0 Å². The van der Waals surface area contributed by atoms with Crippen molar-refractivity contribution in [2.75, 3.05) is 65.6 Å². The number of nitrogens with one attached hydrogen (secondary N) is 1. The molecular weight excluding hydrogens is 456 g/mol. The fraction of sp³-hybridized carbons (Fsp3) is 1.00.